The Morgan fingerprint density at radius 1 is 1.26 bits per heavy atom. The van der Waals surface area contributed by atoms with Gasteiger partial charge in [-0.15, -0.1) is 0 Å². The third kappa shape index (κ3) is 3.03. The molecule has 1 aromatic carbocycles. The van der Waals surface area contributed by atoms with Crippen molar-refractivity contribution in [3.63, 3.8) is 0 Å². The fraction of sp³-hybridized carbons (Fsp3) is 0.400. The second kappa shape index (κ2) is 6.50. The largest absolute Gasteiger partial charge is 0.382 e. The first kappa shape index (κ1) is 13.8. The third-order valence-corrected chi connectivity index (χ3v) is 3.11. The molecule has 0 saturated heterocycles. The van der Waals surface area contributed by atoms with Crippen LogP contribution in [0.4, 0.5) is 0 Å². The molecule has 1 aromatic heterocycles. The Bertz CT molecular complexity index is 496. The Labute approximate surface area is 113 Å². The van der Waals surface area contributed by atoms with Gasteiger partial charge in [0.25, 0.3) is 0 Å². The van der Waals surface area contributed by atoms with Crippen molar-refractivity contribution in [2.45, 2.75) is 32.6 Å². The standard InChI is InChI=1S/C15H20N2O2/c1-3-17-11-10-16-15(17)13(18)14(19-4-2)12-8-6-5-7-9-12/h5-11,13-14,18H,3-4H2,1-2H3. The molecule has 0 radical (unpaired) electrons. The van der Waals surface area contributed by atoms with Crippen LogP contribution in [0.25, 0.3) is 0 Å². The normalized spacial score (nSPS) is 14.3. The molecule has 0 fully saturated rings. The number of aryl methyl sites for hydroxylation is 1. The molecule has 0 amide bonds. The first-order valence-corrected chi connectivity index (χ1v) is 6.63. The quantitative estimate of drug-likeness (QED) is 0.868. The zero-order valence-corrected chi connectivity index (χ0v) is 11.4. The van der Waals surface area contributed by atoms with Gasteiger partial charge in [0.15, 0.2) is 0 Å². The lowest BCUT2D eigenvalue weighted by Crippen LogP contribution is -2.18. The van der Waals surface area contributed by atoms with E-state index in [1.807, 2.05) is 54.9 Å². The SMILES string of the molecule is CCOC(c1ccccc1)C(O)c1nccn1CC. The van der Waals surface area contributed by atoms with E-state index >= 15 is 0 Å². The molecule has 4 heteroatoms. The van der Waals surface area contributed by atoms with E-state index in [1.54, 1.807) is 6.20 Å². The number of rotatable bonds is 6. The molecular formula is C15H20N2O2. The van der Waals surface area contributed by atoms with Crippen LogP contribution in [0.1, 0.15) is 37.4 Å². The molecule has 1 heterocycles. The van der Waals surface area contributed by atoms with E-state index in [4.69, 9.17) is 4.74 Å². The van der Waals surface area contributed by atoms with Crippen LogP contribution in [0.15, 0.2) is 42.7 Å². The number of benzene rings is 1. The van der Waals surface area contributed by atoms with Crippen molar-refractivity contribution in [1.29, 1.82) is 0 Å². The van der Waals surface area contributed by atoms with E-state index in [9.17, 15) is 5.11 Å². The molecule has 1 N–H and O–H groups in total. The molecule has 102 valence electrons. The number of ether oxygens (including phenoxy) is 1. The van der Waals surface area contributed by atoms with E-state index in [-0.39, 0.29) is 6.10 Å². The van der Waals surface area contributed by atoms with Crippen LogP contribution in [-0.4, -0.2) is 21.3 Å². The van der Waals surface area contributed by atoms with Crippen LogP contribution in [0.2, 0.25) is 0 Å². The molecule has 0 aliphatic heterocycles. The second-order valence-corrected chi connectivity index (χ2v) is 4.30. The van der Waals surface area contributed by atoms with Gasteiger partial charge in [0.05, 0.1) is 0 Å². The highest BCUT2D eigenvalue weighted by atomic mass is 16.5. The summed E-state index contributed by atoms with van der Waals surface area (Å²) < 4.78 is 7.64. The monoisotopic (exact) mass is 260 g/mol. The number of hydrogen-bond acceptors (Lipinski definition) is 3. The Balaban J connectivity index is 2.29. The predicted octanol–water partition coefficient (Wildman–Crippen LogP) is 2.71. The third-order valence-electron chi connectivity index (χ3n) is 3.11. The summed E-state index contributed by atoms with van der Waals surface area (Å²) in [5.41, 5.74) is 0.961. The molecule has 0 aliphatic carbocycles. The van der Waals surface area contributed by atoms with Crippen molar-refractivity contribution >= 4 is 0 Å². The first-order chi connectivity index (χ1) is 9.27. The topological polar surface area (TPSA) is 47.3 Å². The highest BCUT2D eigenvalue weighted by Gasteiger charge is 2.26. The van der Waals surface area contributed by atoms with Crippen molar-refractivity contribution in [3.05, 3.63) is 54.1 Å². The maximum atomic E-state index is 10.6. The second-order valence-electron chi connectivity index (χ2n) is 4.30. The van der Waals surface area contributed by atoms with E-state index in [0.29, 0.717) is 12.4 Å². The van der Waals surface area contributed by atoms with Gasteiger partial charge in [-0.25, -0.2) is 4.98 Å². The van der Waals surface area contributed by atoms with Gasteiger partial charge < -0.3 is 14.4 Å². The highest BCUT2D eigenvalue weighted by Crippen LogP contribution is 2.31. The van der Waals surface area contributed by atoms with Crippen LogP contribution in [-0.2, 0) is 11.3 Å². The summed E-state index contributed by atoms with van der Waals surface area (Å²) >= 11 is 0. The van der Waals surface area contributed by atoms with Gasteiger partial charge in [-0.3, -0.25) is 0 Å². The Hall–Kier alpha value is -1.65. The minimum Gasteiger partial charge on any atom is -0.382 e. The lowest BCUT2D eigenvalue weighted by molar-refractivity contribution is -0.0412. The zero-order chi connectivity index (χ0) is 13.7. The fourth-order valence-electron chi connectivity index (χ4n) is 2.18. The minimum absolute atomic E-state index is 0.390. The number of imidazole rings is 1. The van der Waals surface area contributed by atoms with Crippen molar-refractivity contribution in [3.8, 4) is 0 Å². The Morgan fingerprint density at radius 3 is 2.63 bits per heavy atom. The molecule has 2 rings (SSSR count). The van der Waals surface area contributed by atoms with Crippen LogP contribution in [0.5, 0.6) is 0 Å². The average molecular weight is 260 g/mol. The molecule has 19 heavy (non-hydrogen) atoms. The summed E-state index contributed by atoms with van der Waals surface area (Å²) in [7, 11) is 0. The fourth-order valence-corrected chi connectivity index (χ4v) is 2.18. The Morgan fingerprint density at radius 2 is 2.00 bits per heavy atom. The van der Waals surface area contributed by atoms with Crippen LogP contribution in [0.3, 0.4) is 0 Å². The number of aliphatic hydroxyl groups excluding tert-OH is 1. The molecule has 0 aliphatic rings. The molecule has 2 unspecified atom stereocenters. The van der Waals surface area contributed by atoms with Gasteiger partial charge in [0.1, 0.15) is 18.0 Å². The molecule has 0 spiro atoms. The molecule has 2 aromatic rings. The van der Waals surface area contributed by atoms with E-state index in [2.05, 4.69) is 4.98 Å². The van der Waals surface area contributed by atoms with Crippen molar-refractivity contribution in [2.75, 3.05) is 6.61 Å². The van der Waals surface area contributed by atoms with Crippen molar-refractivity contribution in [2.24, 2.45) is 0 Å². The Kier molecular flexibility index (Phi) is 4.71. The van der Waals surface area contributed by atoms with E-state index < -0.39 is 6.10 Å². The first-order valence-electron chi connectivity index (χ1n) is 6.63. The number of nitrogens with zero attached hydrogens (tertiary/aromatic N) is 2. The maximum absolute atomic E-state index is 10.6. The lowest BCUT2D eigenvalue weighted by Gasteiger charge is -2.23. The van der Waals surface area contributed by atoms with Crippen LogP contribution >= 0.6 is 0 Å². The molecule has 2 atom stereocenters. The summed E-state index contributed by atoms with van der Waals surface area (Å²) in [5, 5.41) is 10.6. The summed E-state index contributed by atoms with van der Waals surface area (Å²) in [5.74, 6) is 0.643. The van der Waals surface area contributed by atoms with Crippen LogP contribution < -0.4 is 0 Å². The highest BCUT2D eigenvalue weighted by molar-refractivity contribution is 5.20. The predicted molar refractivity (Wildman–Crippen MR) is 73.7 cm³/mol. The van der Waals surface area contributed by atoms with E-state index in [1.165, 1.54) is 0 Å². The van der Waals surface area contributed by atoms with Gasteiger partial charge in [-0.05, 0) is 19.4 Å². The van der Waals surface area contributed by atoms with E-state index in [0.717, 1.165) is 12.1 Å². The zero-order valence-electron chi connectivity index (χ0n) is 11.4. The van der Waals surface area contributed by atoms with Gasteiger partial charge in [0.2, 0.25) is 0 Å². The summed E-state index contributed by atoms with van der Waals surface area (Å²) in [4.78, 5) is 4.25. The smallest absolute Gasteiger partial charge is 0.142 e. The van der Waals surface area contributed by atoms with Crippen molar-refractivity contribution in [1.82, 2.24) is 9.55 Å². The van der Waals surface area contributed by atoms with Crippen molar-refractivity contribution < 1.29 is 9.84 Å². The summed E-state index contributed by atoms with van der Waals surface area (Å²) in [6.07, 6.45) is 2.42. The van der Waals surface area contributed by atoms with Gasteiger partial charge in [-0.1, -0.05) is 30.3 Å². The lowest BCUT2D eigenvalue weighted by atomic mass is 10.0. The maximum Gasteiger partial charge on any atom is 0.142 e. The van der Waals surface area contributed by atoms with Gasteiger partial charge >= 0.3 is 0 Å². The average Bonchev–Trinajstić information content (AvgIpc) is 2.93. The summed E-state index contributed by atoms with van der Waals surface area (Å²) in [6.45, 7) is 5.27. The number of aliphatic hydroxyl groups is 1. The minimum atomic E-state index is -0.766. The van der Waals surface area contributed by atoms with Gasteiger partial charge in [-0.2, -0.15) is 0 Å². The molecular weight excluding hydrogens is 240 g/mol. The number of hydrogen-bond donors (Lipinski definition) is 1. The molecule has 0 bridgehead atoms. The number of aromatic nitrogens is 2. The van der Waals surface area contributed by atoms with Gasteiger partial charge in [0, 0.05) is 25.5 Å². The molecule has 0 saturated carbocycles. The summed E-state index contributed by atoms with van der Waals surface area (Å²) in [6, 6.07) is 9.76. The van der Waals surface area contributed by atoms with Crippen LogP contribution in [0, 0.1) is 0 Å². The molecule has 4 nitrogen and oxygen atoms in total.